The van der Waals surface area contributed by atoms with Gasteiger partial charge >= 0.3 is 0 Å². The van der Waals surface area contributed by atoms with Crippen molar-refractivity contribution < 1.29 is 0 Å². The van der Waals surface area contributed by atoms with Crippen molar-refractivity contribution in [1.29, 1.82) is 0 Å². The smallest absolute Gasteiger partial charge is 0.151 e. The molecule has 0 radical (unpaired) electrons. The normalized spacial score (nSPS) is 19.8. The number of aromatic nitrogens is 2. The summed E-state index contributed by atoms with van der Waals surface area (Å²) in [5.74, 6) is 1.71. The van der Waals surface area contributed by atoms with Gasteiger partial charge in [0, 0.05) is 19.1 Å². The molecule has 4 heteroatoms. The second-order valence-corrected chi connectivity index (χ2v) is 5.31. The maximum absolute atomic E-state index is 4.38. The van der Waals surface area contributed by atoms with Crippen LogP contribution in [-0.2, 0) is 6.54 Å². The van der Waals surface area contributed by atoms with Crippen LogP contribution in [0.15, 0.2) is 12.1 Å². The number of anilines is 1. The quantitative estimate of drug-likeness (QED) is 0.867. The molecule has 1 atom stereocenters. The van der Waals surface area contributed by atoms with Gasteiger partial charge < -0.3 is 10.2 Å². The summed E-state index contributed by atoms with van der Waals surface area (Å²) in [6.07, 6.45) is 2.54. The Labute approximate surface area is 110 Å². The molecular formula is C14H24N4. The van der Waals surface area contributed by atoms with E-state index in [1.165, 1.54) is 12.8 Å². The molecule has 4 nitrogen and oxygen atoms in total. The number of rotatable bonds is 5. The topological polar surface area (TPSA) is 41.0 Å². The van der Waals surface area contributed by atoms with E-state index >= 15 is 0 Å². The van der Waals surface area contributed by atoms with Crippen LogP contribution in [-0.4, -0.2) is 29.3 Å². The van der Waals surface area contributed by atoms with Crippen LogP contribution in [0, 0.1) is 5.92 Å². The van der Waals surface area contributed by atoms with Crippen molar-refractivity contribution in [3.8, 4) is 0 Å². The Hall–Kier alpha value is -1.16. The van der Waals surface area contributed by atoms with Crippen LogP contribution in [0.1, 0.15) is 39.3 Å². The van der Waals surface area contributed by atoms with Gasteiger partial charge in [0.15, 0.2) is 5.82 Å². The molecule has 0 aromatic carbocycles. The van der Waals surface area contributed by atoms with Gasteiger partial charge in [0.1, 0.15) is 0 Å². The fraction of sp³-hybridized carbons (Fsp3) is 0.714. The minimum absolute atomic E-state index is 0.624. The summed E-state index contributed by atoms with van der Waals surface area (Å²) in [6.45, 7) is 9.55. The SMILES string of the molecule is CCNCc1ccc(N2CCCC2C(C)C)nn1. The number of nitrogens with one attached hydrogen (secondary N) is 1. The molecule has 1 N–H and O–H groups in total. The van der Waals surface area contributed by atoms with Gasteiger partial charge in [-0.15, -0.1) is 5.10 Å². The lowest BCUT2D eigenvalue weighted by Gasteiger charge is -2.28. The van der Waals surface area contributed by atoms with Crippen LogP contribution in [0.25, 0.3) is 0 Å². The van der Waals surface area contributed by atoms with Gasteiger partial charge in [0.25, 0.3) is 0 Å². The Morgan fingerprint density at radius 2 is 2.22 bits per heavy atom. The Bertz CT molecular complexity index is 361. The van der Waals surface area contributed by atoms with E-state index in [9.17, 15) is 0 Å². The second kappa shape index (κ2) is 6.14. The largest absolute Gasteiger partial charge is 0.352 e. The maximum atomic E-state index is 4.38. The van der Waals surface area contributed by atoms with Crippen LogP contribution in [0.2, 0.25) is 0 Å². The van der Waals surface area contributed by atoms with Crippen molar-refractivity contribution in [2.45, 2.75) is 46.2 Å². The molecule has 0 bridgehead atoms. The Morgan fingerprint density at radius 3 is 2.83 bits per heavy atom. The molecule has 2 heterocycles. The highest BCUT2D eigenvalue weighted by molar-refractivity contribution is 5.40. The lowest BCUT2D eigenvalue weighted by Crippen LogP contribution is -2.34. The van der Waals surface area contributed by atoms with Crippen molar-refractivity contribution >= 4 is 5.82 Å². The molecule has 100 valence electrons. The van der Waals surface area contributed by atoms with Gasteiger partial charge in [-0.2, -0.15) is 5.10 Å². The summed E-state index contributed by atoms with van der Waals surface area (Å²) in [7, 11) is 0. The van der Waals surface area contributed by atoms with Gasteiger partial charge in [-0.3, -0.25) is 0 Å². The Morgan fingerprint density at radius 1 is 1.39 bits per heavy atom. The van der Waals surface area contributed by atoms with Crippen molar-refractivity contribution in [2.24, 2.45) is 5.92 Å². The van der Waals surface area contributed by atoms with Crippen LogP contribution in [0.3, 0.4) is 0 Å². The molecular weight excluding hydrogens is 224 g/mol. The second-order valence-electron chi connectivity index (χ2n) is 5.31. The number of hydrogen-bond donors (Lipinski definition) is 1. The van der Waals surface area contributed by atoms with E-state index in [1.807, 2.05) is 0 Å². The van der Waals surface area contributed by atoms with Crippen molar-refractivity contribution in [1.82, 2.24) is 15.5 Å². The lowest BCUT2D eigenvalue weighted by molar-refractivity contribution is 0.488. The van der Waals surface area contributed by atoms with Gasteiger partial charge in [-0.25, -0.2) is 0 Å². The molecule has 0 aliphatic carbocycles. The molecule has 0 amide bonds. The highest BCUT2D eigenvalue weighted by atomic mass is 15.3. The van der Waals surface area contributed by atoms with Gasteiger partial charge in [0.2, 0.25) is 0 Å². The standard InChI is InChI=1S/C14H24N4/c1-4-15-10-12-7-8-14(17-16-12)18-9-5-6-13(18)11(2)3/h7-8,11,13,15H,4-6,9-10H2,1-3H3. The van der Waals surface area contributed by atoms with Crippen molar-refractivity contribution in [3.63, 3.8) is 0 Å². The molecule has 1 fully saturated rings. The van der Waals surface area contributed by atoms with Crippen molar-refractivity contribution in [2.75, 3.05) is 18.0 Å². The average molecular weight is 248 g/mol. The highest BCUT2D eigenvalue weighted by Crippen LogP contribution is 2.27. The molecule has 1 aromatic rings. The van der Waals surface area contributed by atoms with E-state index in [-0.39, 0.29) is 0 Å². The molecule has 1 saturated heterocycles. The zero-order chi connectivity index (χ0) is 13.0. The van der Waals surface area contributed by atoms with E-state index in [4.69, 9.17) is 0 Å². The van der Waals surface area contributed by atoms with Crippen LogP contribution in [0.4, 0.5) is 5.82 Å². The lowest BCUT2D eigenvalue weighted by atomic mass is 10.0. The first kappa shape index (κ1) is 13.3. The minimum Gasteiger partial charge on any atom is -0.352 e. The molecule has 2 rings (SSSR count). The van der Waals surface area contributed by atoms with E-state index in [0.717, 1.165) is 31.1 Å². The summed E-state index contributed by atoms with van der Waals surface area (Å²) in [6, 6.07) is 4.82. The third kappa shape index (κ3) is 2.99. The zero-order valence-electron chi connectivity index (χ0n) is 11.7. The summed E-state index contributed by atoms with van der Waals surface area (Å²) < 4.78 is 0. The van der Waals surface area contributed by atoms with Gasteiger partial charge in [-0.1, -0.05) is 20.8 Å². The third-order valence-corrected chi connectivity index (χ3v) is 3.62. The molecule has 0 spiro atoms. The van der Waals surface area contributed by atoms with Crippen molar-refractivity contribution in [3.05, 3.63) is 17.8 Å². The third-order valence-electron chi connectivity index (χ3n) is 3.62. The Kier molecular flexibility index (Phi) is 4.53. The molecule has 18 heavy (non-hydrogen) atoms. The van der Waals surface area contributed by atoms with Crippen LogP contribution >= 0.6 is 0 Å². The van der Waals surface area contributed by atoms with Gasteiger partial charge in [0.05, 0.1) is 5.69 Å². The summed E-state index contributed by atoms with van der Waals surface area (Å²) in [5, 5.41) is 11.9. The molecule has 1 unspecified atom stereocenters. The van der Waals surface area contributed by atoms with Crippen LogP contribution in [0.5, 0.6) is 0 Å². The number of nitrogens with zero attached hydrogens (tertiary/aromatic N) is 3. The van der Waals surface area contributed by atoms with E-state index in [1.54, 1.807) is 0 Å². The van der Waals surface area contributed by atoms with Gasteiger partial charge in [-0.05, 0) is 37.4 Å². The minimum atomic E-state index is 0.624. The fourth-order valence-electron chi connectivity index (χ4n) is 2.62. The first-order valence-corrected chi connectivity index (χ1v) is 7.02. The number of hydrogen-bond acceptors (Lipinski definition) is 4. The molecule has 1 aromatic heterocycles. The molecule has 1 aliphatic heterocycles. The monoisotopic (exact) mass is 248 g/mol. The van der Waals surface area contributed by atoms with E-state index in [2.05, 4.69) is 53.3 Å². The molecule has 0 saturated carbocycles. The predicted octanol–water partition coefficient (Wildman–Crippen LogP) is 2.21. The molecule has 1 aliphatic rings. The summed E-state index contributed by atoms with van der Waals surface area (Å²) in [4.78, 5) is 2.41. The summed E-state index contributed by atoms with van der Waals surface area (Å²) >= 11 is 0. The van der Waals surface area contributed by atoms with Crippen LogP contribution < -0.4 is 10.2 Å². The predicted molar refractivity (Wildman–Crippen MR) is 74.6 cm³/mol. The average Bonchev–Trinajstić information content (AvgIpc) is 2.86. The van der Waals surface area contributed by atoms with E-state index in [0.29, 0.717) is 12.0 Å². The maximum Gasteiger partial charge on any atom is 0.151 e. The zero-order valence-corrected chi connectivity index (χ0v) is 11.7. The first-order valence-electron chi connectivity index (χ1n) is 7.02. The fourth-order valence-corrected chi connectivity index (χ4v) is 2.62. The first-order chi connectivity index (χ1) is 8.72. The summed E-state index contributed by atoms with van der Waals surface area (Å²) in [5.41, 5.74) is 1.01. The van der Waals surface area contributed by atoms with E-state index < -0.39 is 0 Å². The highest BCUT2D eigenvalue weighted by Gasteiger charge is 2.28. The Balaban J connectivity index is 2.04.